The fraction of sp³-hybridized carbons (Fsp3) is 0.222. The van der Waals surface area contributed by atoms with Crippen molar-refractivity contribution >= 4 is 29.4 Å². The van der Waals surface area contributed by atoms with Crippen molar-refractivity contribution in [2.24, 2.45) is 0 Å². The topological polar surface area (TPSA) is 37.4 Å². The third kappa shape index (κ3) is 3.69. The van der Waals surface area contributed by atoms with Crippen LogP contribution in [-0.4, -0.2) is 34.2 Å². The third-order valence-corrected chi connectivity index (χ3v) is 7.62. The van der Waals surface area contributed by atoms with Crippen LogP contribution in [0.5, 0.6) is 0 Å². The maximum absolute atomic E-state index is 12.9. The molecule has 120 valence electrons. The van der Waals surface area contributed by atoms with E-state index < -0.39 is 10.0 Å². The molecule has 23 heavy (non-hydrogen) atoms. The van der Waals surface area contributed by atoms with Crippen LogP contribution in [0.1, 0.15) is 18.4 Å². The summed E-state index contributed by atoms with van der Waals surface area (Å²) in [5, 5.41) is 0. The van der Waals surface area contributed by atoms with Crippen LogP contribution in [0.25, 0.3) is 0 Å². The zero-order valence-electron chi connectivity index (χ0n) is 13.0. The van der Waals surface area contributed by atoms with Gasteiger partial charge in [-0.2, -0.15) is 0 Å². The van der Waals surface area contributed by atoms with Gasteiger partial charge < -0.3 is 0 Å². The molecule has 0 N–H and O–H groups in total. The summed E-state index contributed by atoms with van der Waals surface area (Å²) in [6, 6.07) is 17.3. The van der Waals surface area contributed by atoms with Gasteiger partial charge in [0.15, 0.2) is 0 Å². The average molecular weight is 392 g/mol. The minimum atomic E-state index is -3.43. The van der Waals surface area contributed by atoms with E-state index in [9.17, 15) is 8.42 Å². The summed E-state index contributed by atoms with van der Waals surface area (Å²) in [7, 11) is -3.43. The van der Waals surface area contributed by atoms with Gasteiger partial charge in [0, 0.05) is 0 Å². The van der Waals surface area contributed by atoms with E-state index in [1.165, 1.54) is 4.46 Å². The first-order chi connectivity index (χ1) is 11.1. The Morgan fingerprint density at radius 3 is 2.43 bits per heavy atom. The van der Waals surface area contributed by atoms with Crippen LogP contribution in [0.2, 0.25) is 0 Å². The maximum atomic E-state index is 12.9. The second-order valence-electron chi connectivity index (χ2n) is 5.53. The molecular formula is C18H19NO2SSe. The second kappa shape index (κ2) is 6.91. The normalized spacial score (nSPS) is 16.9. The Bertz CT molecular complexity index is 799. The number of nitrogens with zero attached hydrogens (tertiary/aromatic N) is 1. The zero-order valence-corrected chi connectivity index (χ0v) is 15.5. The molecule has 0 spiro atoms. The summed E-state index contributed by atoms with van der Waals surface area (Å²) in [6.45, 7) is 2.53. The van der Waals surface area contributed by atoms with Crippen molar-refractivity contribution in [3.05, 3.63) is 70.8 Å². The quantitative estimate of drug-likeness (QED) is 0.751. The molecule has 2 aromatic rings. The van der Waals surface area contributed by atoms with Crippen molar-refractivity contribution in [2.45, 2.75) is 24.7 Å². The van der Waals surface area contributed by atoms with Gasteiger partial charge in [-0.15, -0.1) is 0 Å². The molecular weight excluding hydrogens is 373 g/mol. The summed E-state index contributed by atoms with van der Waals surface area (Å²) >= 11 is 0.155. The Kier molecular flexibility index (Phi) is 4.90. The number of benzene rings is 2. The summed E-state index contributed by atoms with van der Waals surface area (Å²) in [5.41, 5.74) is 2.00. The van der Waals surface area contributed by atoms with Crippen molar-refractivity contribution < 1.29 is 8.42 Å². The standard InChI is InChI=1S/C18H19NO2SSe/c1-15-9-11-17(12-10-15)22(20,21)19-13-5-6-16(19)14-23-18-7-3-2-4-8-18/h2-4,7-12,14H,5-6,13H2,1H3/b16-14-. The van der Waals surface area contributed by atoms with Gasteiger partial charge >= 0.3 is 144 Å². The van der Waals surface area contributed by atoms with E-state index in [0.717, 1.165) is 24.1 Å². The number of aryl methyl sites for hydroxylation is 1. The summed E-state index contributed by atoms with van der Waals surface area (Å²) < 4.78 is 28.6. The Labute approximate surface area is 144 Å². The molecule has 1 saturated heterocycles. The second-order valence-corrected chi connectivity index (χ2v) is 9.37. The molecule has 3 nitrogen and oxygen atoms in total. The molecule has 5 heteroatoms. The van der Waals surface area contributed by atoms with E-state index in [1.807, 2.05) is 37.3 Å². The van der Waals surface area contributed by atoms with Gasteiger partial charge in [-0.25, -0.2) is 0 Å². The van der Waals surface area contributed by atoms with E-state index in [2.05, 4.69) is 17.1 Å². The van der Waals surface area contributed by atoms with Gasteiger partial charge in [-0.1, -0.05) is 0 Å². The third-order valence-electron chi connectivity index (χ3n) is 3.80. The minimum absolute atomic E-state index is 0.155. The van der Waals surface area contributed by atoms with Gasteiger partial charge in [0.05, 0.1) is 0 Å². The zero-order chi connectivity index (χ0) is 16.3. The number of allylic oxidation sites excluding steroid dienone is 1. The first kappa shape index (κ1) is 16.3. The van der Waals surface area contributed by atoms with Crippen molar-refractivity contribution in [3.8, 4) is 0 Å². The van der Waals surface area contributed by atoms with Gasteiger partial charge in [0.1, 0.15) is 0 Å². The fourth-order valence-corrected chi connectivity index (χ4v) is 5.99. The molecule has 1 fully saturated rings. The fourth-order valence-electron chi connectivity index (χ4n) is 2.54. The van der Waals surface area contributed by atoms with E-state index >= 15 is 0 Å². The molecule has 1 aliphatic heterocycles. The molecule has 0 saturated carbocycles. The van der Waals surface area contributed by atoms with Crippen molar-refractivity contribution in [3.63, 3.8) is 0 Å². The first-order valence-corrected chi connectivity index (χ1v) is 10.9. The number of rotatable bonds is 4. The molecule has 3 rings (SSSR count). The molecule has 0 unspecified atom stereocenters. The van der Waals surface area contributed by atoms with Gasteiger partial charge in [0.25, 0.3) is 0 Å². The molecule has 0 radical (unpaired) electrons. The molecule has 1 heterocycles. The number of sulfonamides is 1. The van der Waals surface area contributed by atoms with E-state index in [1.54, 1.807) is 16.4 Å². The van der Waals surface area contributed by atoms with Crippen LogP contribution in [0.4, 0.5) is 0 Å². The Morgan fingerprint density at radius 1 is 1.04 bits per heavy atom. The molecule has 0 bridgehead atoms. The molecule has 0 aliphatic carbocycles. The van der Waals surface area contributed by atoms with Gasteiger partial charge in [-0.05, 0) is 0 Å². The van der Waals surface area contributed by atoms with Crippen molar-refractivity contribution in [2.75, 3.05) is 6.54 Å². The SMILES string of the molecule is Cc1ccc(S(=O)(=O)N2CCC/C2=C/[Se]c2ccccc2)cc1. The number of hydrogen-bond donors (Lipinski definition) is 0. The van der Waals surface area contributed by atoms with Gasteiger partial charge in [0.2, 0.25) is 0 Å². The Balaban J connectivity index is 1.84. The van der Waals surface area contributed by atoms with Crippen LogP contribution in [0, 0.1) is 6.92 Å². The van der Waals surface area contributed by atoms with Crippen LogP contribution >= 0.6 is 0 Å². The number of hydrogen-bond acceptors (Lipinski definition) is 2. The predicted octanol–water partition coefficient (Wildman–Crippen LogP) is 2.65. The van der Waals surface area contributed by atoms with E-state index in [0.29, 0.717) is 11.4 Å². The van der Waals surface area contributed by atoms with Gasteiger partial charge in [-0.3, -0.25) is 0 Å². The van der Waals surface area contributed by atoms with Crippen LogP contribution in [-0.2, 0) is 10.0 Å². The van der Waals surface area contributed by atoms with Crippen molar-refractivity contribution in [1.82, 2.24) is 4.31 Å². The predicted molar refractivity (Wildman–Crippen MR) is 94.2 cm³/mol. The molecule has 1 aliphatic rings. The first-order valence-electron chi connectivity index (χ1n) is 7.57. The summed E-state index contributed by atoms with van der Waals surface area (Å²) in [6.07, 6.45) is 1.72. The van der Waals surface area contributed by atoms with E-state index in [4.69, 9.17) is 0 Å². The van der Waals surface area contributed by atoms with Crippen LogP contribution in [0.3, 0.4) is 0 Å². The van der Waals surface area contributed by atoms with Crippen LogP contribution in [0.15, 0.2) is 70.2 Å². The Hall–Kier alpha value is -1.55. The molecule has 0 atom stereocenters. The summed E-state index contributed by atoms with van der Waals surface area (Å²) in [5.74, 6) is 0. The van der Waals surface area contributed by atoms with Crippen LogP contribution < -0.4 is 4.46 Å². The molecule has 2 aromatic carbocycles. The van der Waals surface area contributed by atoms with Crippen molar-refractivity contribution in [1.29, 1.82) is 0 Å². The monoisotopic (exact) mass is 393 g/mol. The van der Waals surface area contributed by atoms with E-state index in [-0.39, 0.29) is 15.0 Å². The Morgan fingerprint density at radius 2 is 1.74 bits per heavy atom. The summed E-state index contributed by atoms with van der Waals surface area (Å²) in [4.78, 5) is 2.49. The molecule has 0 aromatic heterocycles. The average Bonchev–Trinajstić information content (AvgIpc) is 3.04. The molecule has 0 amide bonds.